The Morgan fingerprint density at radius 1 is 1.16 bits per heavy atom. The Hall–Kier alpha value is -2.86. The van der Waals surface area contributed by atoms with Crippen molar-refractivity contribution in [3.63, 3.8) is 0 Å². The van der Waals surface area contributed by atoms with Crippen LogP contribution in [0.15, 0.2) is 42.5 Å². The SMILES string of the molecule is CC(C)(C)[C@H]1CCc2c(sc(NC(=O)COc3cccc4ccccc34)c2C(N)=O)C1. The lowest BCUT2D eigenvalue weighted by Crippen LogP contribution is -2.27. The number of hydrogen-bond donors (Lipinski definition) is 2. The molecule has 0 unspecified atom stereocenters. The van der Waals surface area contributed by atoms with Crippen molar-refractivity contribution in [1.82, 2.24) is 0 Å². The van der Waals surface area contributed by atoms with Crippen molar-refractivity contribution >= 4 is 38.9 Å². The molecule has 6 heteroatoms. The first-order chi connectivity index (χ1) is 14.7. The highest BCUT2D eigenvalue weighted by molar-refractivity contribution is 7.17. The molecule has 1 aliphatic rings. The van der Waals surface area contributed by atoms with Crippen LogP contribution >= 0.6 is 11.3 Å². The highest BCUT2D eigenvalue weighted by Crippen LogP contribution is 2.44. The van der Waals surface area contributed by atoms with Gasteiger partial charge in [0.1, 0.15) is 10.8 Å². The van der Waals surface area contributed by atoms with Gasteiger partial charge < -0.3 is 15.8 Å². The first-order valence-corrected chi connectivity index (χ1v) is 11.4. The highest BCUT2D eigenvalue weighted by Gasteiger charge is 2.33. The first-order valence-electron chi connectivity index (χ1n) is 10.6. The summed E-state index contributed by atoms with van der Waals surface area (Å²) in [5, 5.41) is 5.42. The molecular weight excluding hydrogens is 408 g/mol. The molecule has 0 bridgehead atoms. The standard InChI is InChI=1S/C25H28N2O3S/c1-25(2,3)16-11-12-18-20(13-16)31-24(22(18)23(26)29)27-21(28)14-30-19-10-6-8-15-7-4-5-9-17(15)19/h4-10,16H,11-14H2,1-3H3,(H2,26,29)(H,27,28)/t16-/m0/s1. The van der Waals surface area contributed by atoms with Crippen LogP contribution in [0.4, 0.5) is 5.00 Å². The Morgan fingerprint density at radius 2 is 1.90 bits per heavy atom. The summed E-state index contributed by atoms with van der Waals surface area (Å²) in [6.07, 6.45) is 2.74. The average Bonchev–Trinajstić information content (AvgIpc) is 3.08. The molecule has 0 saturated heterocycles. The lowest BCUT2D eigenvalue weighted by molar-refractivity contribution is -0.118. The normalized spacial score (nSPS) is 16.0. The fraction of sp³-hybridized carbons (Fsp3) is 0.360. The van der Waals surface area contributed by atoms with Crippen molar-refractivity contribution < 1.29 is 14.3 Å². The number of amides is 2. The summed E-state index contributed by atoms with van der Waals surface area (Å²) in [5.41, 5.74) is 7.36. The lowest BCUT2D eigenvalue weighted by atomic mass is 9.72. The predicted molar refractivity (Wildman–Crippen MR) is 126 cm³/mol. The monoisotopic (exact) mass is 436 g/mol. The number of benzene rings is 2. The molecule has 0 fully saturated rings. The van der Waals surface area contributed by atoms with Gasteiger partial charge in [0.25, 0.3) is 11.8 Å². The minimum absolute atomic E-state index is 0.139. The van der Waals surface area contributed by atoms with Crippen LogP contribution in [0.3, 0.4) is 0 Å². The van der Waals surface area contributed by atoms with E-state index in [0.29, 0.717) is 22.2 Å². The number of primary amides is 1. The van der Waals surface area contributed by atoms with Crippen LogP contribution in [-0.4, -0.2) is 18.4 Å². The van der Waals surface area contributed by atoms with Crippen LogP contribution < -0.4 is 15.8 Å². The van der Waals surface area contributed by atoms with E-state index in [4.69, 9.17) is 10.5 Å². The Balaban J connectivity index is 1.50. The molecule has 31 heavy (non-hydrogen) atoms. The molecule has 5 nitrogen and oxygen atoms in total. The van der Waals surface area contributed by atoms with E-state index in [2.05, 4.69) is 26.1 Å². The number of anilines is 1. The van der Waals surface area contributed by atoms with E-state index in [1.807, 2.05) is 42.5 Å². The minimum atomic E-state index is -0.489. The van der Waals surface area contributed by atoms with Gasteiger partial charge in [0.15, 0.2) is 6.61 Å². The van der Waals surface area contributed by atoms with Crippen LogP contribution in [-0.2, 0) is 17.6 Å². The van der Waals surface area contributed by atoms with E-state index < -0.39 is 5.91 Å². The van der Waals surface area contributed by atoms with Crippen molar-refractivity contribution in [3.05, 3.63) is 58.5 Å². The Labute approximate surface area is 186 Å². The number of nitrogens with two attached hydrogens (primary N) is 1. The van der Waals surface area contributed by atoms with Gasteiger partial charge in [0.2, 0.25) is 0 Å². The number of rotatable bonds is 5. The fourth-order valence-electron chi connectivity index (χ4n) is 4.30. The number of fused-ring (bicyclic) bond motifs is 2. The third-order valence-corrected chi connectivity index (χ3v) is 7.27. The number of ether oxygens (including phenoxy) is 1. The summed E-state index contributed by atoms with van der Waals surface area (Å²) < 4.78 is 5.79. The van der Waals surface area contributed by atoms with Crippen molar-refractivity contribution in [1.29, 1.82) is 0 Å². The molecule has 0 radical (unpaired) electrons. The van der Waals surface area contributed by atoms with Gasteiger partial charge in [-0.2, -0.15) is 0 Å². The van der Waals surface area contributed by atoms with Crippen molar-refractivity contribution in [3.8, 4) is 5.75 Å². The van der Waals surface area contributed by atoms with E-state index in [-0.39, 0.29) is 17.9 Å². The van der Waals surface area contributed by atoms with Gasteiger partial charge in [0.05, 0.1) is 5.56 Å². The Bertz CT molecular complexity index is 1140. The van der Waals surface area contributed by atoms with E-state index in [1.54, 1.807) is 0 Å². The summed E-state index contributed by atoms with van der Waals surface area (Å²) >= 11 is 1.47. The molecule has 3 aromatic rings. The van der Waals surface area contributed by atoms with Crippen molar-refractivity contribution in [2.75, 3.05) is 11.9 Å². The zero-order chi connectivity index (χ0) is 22.2. The van der Waals surface area contributed by atoms with Gasteiger partial charge in [-0.1, -0.05) is 57.2 Å². The molecule has 1 aliphatic carbocycles. The van der Waals surface area contributed by atoms with Crippen LogP contribution in [0.25, 0.3) is 10.8 Å². The fourth-order valence-corrected chi connectivity index (χ4v) is 5.65. The largest absolute Gasteiger partial charge is 0.483 e. The molecule has 162 valence electrons. The summed E-state index contributed by atoms with van der Waals surface area (Å²) in [5.74, 6) is 0.401. The maximum absolute atomic E-state index is 12.7. The molecule has 0 aliphatic heterocycles. The van der Waals surface area contributed by atoms with Crippen molar-refractivity contribution in [2.24, 2.45) is 17.1 Å². The quantitative estimate of drug-likeness (QED) is 0.579. The van der Waals surface area contributed by atoms with Gasteiger partial charge in [-0.05, 0) is 47.6 Å². The summed E-state index contributed by atoms with van der Waals surface area (Å²) in [6, 6.07) is 13.6. The molecular formula is C25H28N2O3S. The van der Waals surface area contributed by atoms with Gasteiger partial charge in [-0.3, -0.25) is 9.59 Å². The van der Waals surface area contributed by atoms with Crippen molar-refractivity contribution in [2.45, 2.75) is 40.0 Å². The second-order valence-corrected chi connectivity index (χ2v) is 10.3. The number of carbonyl (C=O) groups is 2. The number of carbonyl (C=O) groups excluding carboxylic acids is 2. The second kappa shape index (κ2) is 8.35. The van der Waals surface area contributed by atoms with Crippen LogP contribution in [0, 0.1) is 11.3 Å². The van der Waals surface area contributed by atoms with Gasteiger partial charge in [-0.15, -0.1) is 11.3 Å². The number of hydrogen-bond acceptors (Lipinski definition) is 4. The summed E-state index contributed by atoms with van der Waals surface area (Å²) in [4.78, 5) is 26.0. The smallest absolute Gasteiger partial charge is 0.262 e. The van der Waals surface area contributed by atoms with Gasteiger partial charge in [-0.25, -0.2) is 0 Å². The third-order valence-electron chi connectivity index (χ3n) is 6.10. The number of nitrogens with one attached hydrogen (secondary N) is 1. The summed E-state index contributed by atoms with van der Waals surface area (Å²) in [6.45, 7) is 6.61. The first kappa shape index (κ1) is 21.4. The van der Waals surface area contributed by atoms with Gasteiger partial charge in [0, 0.05) is 10.3 Å². The number of thiophene rings is 1. The minimum Gasteiger partial charge on any atom is -0.483 e. The predicted octanol–water partition coefficient (Wildman–Crippen LogP) is 5.17. The van der Waals surface area contributed by atoms with E-state index in [9.17, 15) is 9.59 Å². The molecule has 0 saturated carbocycles. The zero-order valence-corrected chi connectivity index (χ0v) is 19.0. The Kier molecular flexibility index (Phi) is 5.75. The van der Waals surface area contributed by atoms with Crippen LogP contribution in [0.2, 0.25) is 0 Å². The molecule has 1 aromatic heterocycles. The van der Waals surface area contributed by atoms with Crippen LogP contribution in [0.5, 0.6) is 5.75 Å². The average molecular weight is 437 g/mol. The topological polar surface area (TPSA) is 81.4 Å². The molecule has 1 heterocycles. The molecule has 1 atom stereocenters. The lowest BCUT2D eigenvalue weighted by Gasteiger charge is -2.33. The maximum Gasteiger partial charge on any atom is 0.262 e. The van der Waals surface area contributed by atoms with E-state index >= 15 is 0 Å². The molecule has 2 aromatic carbocycles. The molecule has 3 N–H and O–H groups in total. The third kappa shape index (κ3) is 4.44. The van der Waals surface area contributed by atoms with E-state index in [1.165, 1.54) is 11.3 Å². The summed E-state index contributed by atoms with van der Waals surface area (Å²) in [7, 11) is 0. The van der Waals surface area contributed by atoms with E-state index in [0.717, 1.165) is 40.5 Å². The highest BCUT2D eigenvalue weighted by atomic mass is 32.1. The molecule has 2 amide bonds. The zero-order valence-electron chi connectivity index (χ0n) is 18.2. The second-order valence-electron chi connectivity index (χ2n) is 9.19. The maximum atomic E-state index is 12.7. The molecule has 0 spiro atoms. The molecule has 4 rings (SSSR count). The van der Waals surface area contributed by atoms with Gasteiger partial charge >= 0.3 is 0 Å². The Morgan fingerprint density at radius 3 is 2.65 bits per heavy atom. The van der Waals surface area contributed by atoms with Crippen LogP contribution in [0.1, 0.15) is 48.0 Å².